The highest BCUT2D eigenvalue weighted by molar-refractivity contribution is 6.21. The molecule has 2 aromatic rings. The van der Waals surface area contributed by atoms with Crippen molar-refractivity contribution in [3.63, 3.8) is 0 Å². The van der Waals surface area contributed by atoms with Gasteiger partial charge in [0, 0.05) is 0 Å². The number of nitrogens with zero attached hydrogens (tertiary/aromatic N) is 1. The molecule has 0 unspecified atom stereocenters. The van der Waals surface area contributed by atoms with Gasteiger partial charge in [0.25, 0.3) is 17.7 Å². The Morgan fingerprint density at radius 1 is 1.00 bits per heavy atom. The van der Waals surface area contributed by atoms with E-state index < -0.39 is 17.7 Å². The zero-order valence-corrected chi connectivity index (χ0v) is 14.0. The number of ether oxygens (including phenoxy) is 1. The third-order valence-electron chi connectivity index (χ3n) is 3.95. The van der Waals surface area contributed by atoms with E-state index in [0.29, 0.717) is 11.7 Å². The lowest BCUT2D eigenvalue weighted by Crippen LogP contribution is -2.47. The molecule has 1 heterocycles. The lowest BCUT2D eigenvalue weighted by molar-refractivity contribution is -0.126. The van der Waals surface area contributed by atoms with E-state index in [1.807, 2.05) is 12.1 Å². The third-order valence-corrected chi connectivity index (χ3v) is 3.95. The zero-order valence-electron chi connectivity index (χ0n) is 14.0. The molecule has 1 N–H and O–H groups in total. The van der Waals surface area contributed by atoms with Crippen molar-refractivity contribution in [1.29, 1.82) is 0 Å². The maximum Gasteiger partial charge on any atom is 0.280 e. The van der Waals surface area contributed by atoms with Crippen molar-refractivity contribution in [2.45, 2.75) is 19.8 Å². The molecule has 6 heteroatoms. The van der Waals surface area contributed by atoms with Crippen LogP contribution in [-0.2, 0) is 4.79 Å². The number of nitrogens with one attached hydrogen (secondary N) is 1. The normalized spacial score (nSPS) is 13.2. The van der Waals surface area contributed by atoms with Gasteiger partial charge in [-0.15, -0.1) is 0 Å². The summed E-state index contributed by atoms with van der Waals surface area (Å²) in [5.41, 5.74) is 4.02. The molecule has 1 aliphatic heterocycles. The number of hydrogen-bond donors (Lipinski definition) is 1. The highest BCUT2D eigenvalue weighted by atomic mass is 16.5. The van der Waals surface area contributed by atoms with Gasteiger partial charge in [-0.05, 0) is 35.7 Å². The predicted octanol–water partition coefficient (Wildman–Crippen LogP) is 2.52. The molecule has 3 rings (SSSR count). The average molecular weight is 338 g/mol. The van der Waals surface area contributed by atoms with Gasteiger partial charge in [-0.25, -0.2) is 0 Å². The molecular weight excluding hydrogens is 320 g/mol. The average Bonchev–Trinajstić information content (AvgIpc) is 2.86. The topological polar surface area (TPSA) is 75.7 Å². The van der Waals surface area contributed by atoms with Crippen molar-refractivity contribution in [2.24, 2.45) is 0 Å². The predicted molar refractivity (Wildman–Crippen MR) is 91.1 cm³/mol. The van der Waals surface area contributed by atoms with Crippen molar-refractivity contribution in [2.75, 3.05) is 6.61 Å². The Bertz CT molecular complexity index is 793. The van der Waals surface area contributed by atoms with Crippen LogP contribution >= 0.6 is 0 Å². The number of hydrogen-bond acceptors (Lipinski definition) is 4. The summed E-state index contributed by atoms with van der Waals surface area (Å²) in [6.07, 6.45) is 0. The lowest BCUT2D eigenvalue weighted by Gasteiger charge is -2.15. The van der Waals surface area contributed by atoms with Crippen LogP contribution in [0.5, 0.6) is 5.75 Å². The van der Waals surface area contributed by atoms with Gasteiger partial charge in [-0.2, -0.15) is 5.01 Å². The van der Waals surface area contributed by atoms with Crippen LogP contribution in [-0.4, -0.2) is 29.3 Å². The molecule has 0 aliphatic carbocycles. The fourth-order valence-electron chi connectivity index (χ4n) is 2.55. The number of amides is 3. The van der Waals surface area contributed by atoms with Gasteiger partial charge in [0.2, 0.25) is 0 Å². The highest BCUT2D eigenvalue weighted by Gasteiger charge is 2.36. The minimum Gasteiger partial charge on any atom is -0.484 e. The van der Waals surface area contributed by atoms with E-state index in [4.69, 9.17) is 4.74 Å². The number of imide groups is 1. The summed E-state index contributed by atoms with van der Waals surface area (Å²) in [5.74, 6) is -0.721. The third kappa shape index (κ3) is 3.38. The Hall–Kier alpha value is -3.15. The maximum atomic E-state index is 12.2. The summed E-state index contributed by atoms with van der Waals surface area (Å²) in [7, 11) is 0. The fourth-order valence-corrected chi connectivity index (χ4v) is 2.55. The Morgan fingerprint density at radius 2 is 1.56 bits per heavy atom. The maximum absolute atomic E-state index is 12.2. The molecule has 0 fully saturated rings. The first-order chi connectivity index (χ1) is 12.0. The Labute approximate surface area is 145 Å². The van der Waals surface area contributed by atoms with Gasteiger partial charge in [-0.1, -0.05) is 38.1 Å². The monoisotopic (exact) mass is 338 g/mol. The summed E-state index contributed by atoms with van der Waals surface area (Å²) >= 11 is 0. The molecule has 0 radical (unpaired) electrons. The summed E-state index contributed by atoms with van der Waals surface area (Å²) in [4.78, 5) is 36.3. The number of carbonyl (C=O) groups is 3. The minimum atomic E-state index is -0.581. The van der Waals surface area contributed by atoms with Crippen molar-refractivity contribution in [1.82, 2.24) is 10.4 Å². The van der Waals surface area contributed by atoms with E-state index in [2.05, 4.69) is 19.3 Å². The number of fused-ring (bicyclic) bond motifs is 1. The summed E-state index contributed by atoms with van der Waals surface area (Å²) in [5, 5.41) is 0.720. The fraction of sp³-hybridized carbons (Fsp3) is 0.211. The standard InChI is InChI=1S/C19H18N2O4/c1-12(2)13-7-9-14(10-8-13)25-11-17(22)20-21-18(23)15-5-3-4-6-16(15)19(21)24/h3-10,12H,11H2,1-2H3,(H,20,22). The Morgan fingerprint density at radius 3 is 2.08 bits per heavy atom. The van der Waals surface area contributed by atoms with Crippen LogP contribution in [0.1, 0.15) is 46.0 Å². The molecule has 25 heavy (non-hydrogen) atoms. The molecule has 0 bridgehead atoms. The van der Waals surface area contributed by atoms with E-state index in [9.17, 15) is 14.4 Å². The molecule has 0 saturated heterocycles. The molecule has 0 spiro atoms. The quantitative estimate of drug-likeness (QED) is 0.850. The second-order valence-corrected chi connectivity index (χ2v) is 6.04. The molecule has 128 valence electrons. The number of rotatable bonds is 5. The minimum absolute atomic E-state index is 0.276. The lowest BCUT2D eigenvalue weighted by atomic mass is 10.0. The van der Waals surface area contributed by atoms with E-state index in [-0.39, 0.29) is 17.7 Å². The number of carbonyl (C=O) groups excluding carboxylic acids is 3. The van der Waals surface area contributed by atoms with Crippen LogP contribution in [0.15, 0.2) is 48.5 Å². The molecule has 2 aromatic carbocycles. The molecule has 0 aromatic heterocycles. The molecule has 6 nitrogen and oxygen atoms in total. The van der Waals surface area contributed by atoms with Gasteiger partial charge in [0.05, 0.1) is 11.1 Å². The van der Waals surface area contributed by atoms with Gasteiger partial charge >= 0.3 is 0 Å². The highest BCUT2D eigenvalue weighted by Crippen LogP contribution is 2.21. The molecule has 3 amide bonds. The van der Waals surface area contributed by atoms with Crippen molar-refractivity contribution < 1.29 is 19.1 Å². The van der Waals surface area contributed by atoms with Crippen molar-refractivity contribution in [3.8, 4) is 5.75 Å². The largest absolute Gasteiger partial charge is 0.484 e. The Balaban J connectivity index is 1.58. The zero-order chi connectivity index (χ0) is 18.0. The van der Waals surface area contributed by atoms with Crippen LogP contribution in [0.25, 0.3) is 0 Å². The Kier molecular flexibility index (Phi) is 4.52. The number of benzene rings is 2. The van der Waals surface area contributed by atoms with Gasteiger partial charge in [-0.3, -0.25) is 19.8 Å². The first-order valence-corrected chi connectivity index (χ1v) is 7.97. The SMILES string of the molecule is CC(C)c1ccc(OCC(=O)NN2C(=O)c3ccccc3C2=O)cc1. The van der Waals surface area contributed by atoms with E-state index >= 15 is 0 Å². The number of hydrazine groups is 1. The van der Waals surface area contributed by atoms with Crippen LogP contribution in [0, 0.1) is 0 Å². The van der Waals surface area contributed by atoms with E-state index in [1.165, 1.54) is 5.56 Å². The van der Waals surface area contributed by atoms with E-state index in [0.717, 1.165) is 5.01 Å². The second kappa shape index (κ2) is 6.76. The second-order valence-electron chi connectivity index (χ2n) is 6.04. The smallest absolute Gasteiger partial charge is 0.280 e. The first-order valence-electron chi connectivity index (χ1n) is 7.97. The molecule has 0 saturated carbocycles. The van der Waals surface area contributed by atoms with Crippen molar-refractivity contribution >= 4 is 17.7 Å². The van der Waals surface area contributed by atoms with Crippen LogP contribution in [0.2, 0.25) is 0 Å². The van der Waals surface area contributed by atoms with Gasteiger partial charge in [0.15, 0.2) is 6.61 Å². The van der Waals surface area contributed by atoms with Crippen LogP contribution < -0.4 is 10.2 Å². The van der Waals surface area contributed by atoms with Crippen LogP contribution in [0.4, 0.5) is 0 Å². The van der Waals surface area contributed by atoms with Gasteiger partial charge in [0.1, 0.15) is 5.75 Å². The summed E-state index contributed by atoms with van der Waals surface area (Å²) in [6, 6.07) is 13.9. The molecular formula is C19H18N2O4. The molecule has 1 aliphatic rings. The van der Waals surface area contributed by atoms with Crippen molar-refractivity contribution in [3.05, 3.63) is 65.2 Å². The van der Waals surface area contributed by atoms with Gasteiger partial charge < -0.3 is 4.74 Å². The summed E-state index contributed by atoms with van der Waals surface area (Å²) < 4.78 is 5.40. The van der Waals surface area contributed by atoms with E-state index in [1.54, 1.807) is 36.4 Å². The van der Waals surface area contributed by atoms with Crippen LogP contribution in [0.3, 0.4) is 0 Å². The summed E-state index contributed by atoms with van der Waals surface area (Å²) in [6.45, 7) is 3.88. The molecule has 0 atom stereocenters. The first kappa shape index (κ1) is 16.7.